The highest BCUT2D eigenvalue weighted by atomic mass is 127. The lowest BCUT2D eigenvalue weighted by atomic mass is 10.2. The molecule has 0 aliphatic rings. The topological polar surface area (TPSA) is 72.7 Å². The first kappa shape index (κ1) is 15.7. The summed E-state index contributed by atoms with van der Waals surface area (Å²) in [5, 5.41) is 10.7. The Kier molecular flexibility index (Phi) is 4.72. The second-order valence-corrected chi connectivity index (χ2v) is 6.09. The zero-order valence-electron chi connectivity index (χ0n) is 11.1. The van der Waals surface area contributed by atoms with Crippen molar-refractivity contribution in [3.8, 4) is 0 Å². The van der Waals surface area contributed by atoms with Crippen LogP contribution in [0, 0.1) is 13.7 Å². The van der Waals surface area contributed by atoms with Gasteiger partial charge in [-0.05, 0) is 55.5 Å². The summed E-state index contributed by atoms with van der Waals surface area (Å²) in [5.74, 6) is 0. The van der Waals surface area contributed by atoms with Gasteiger partial charge < -0.3 is 4.74 Å². The van der Waals surface area contributed by atoms with Gasteiger partial charge in [0.25, 0.3) is 5.69 Å². The SMILES string of the molecule is CN(C(=O)OC(C)(C)C)c1ccc([N+](=O)[O-])c(I)c1. The van der Waals surface area contributed by atoms with Crippen molar-refractivity contribution in [3.63, 3.8) is 0 Å². The molecule has 7 heteroatoms. The van der Waals surface area contributed by atoms with Crippen LogP contribution in [0.4, 0.5) is 16.2 Å². The summed E-state index contributed by atoms with van der Waals surface area (Å²) in [6.45, 7) is 5.33. The number of nitro benzene ring substituents is 1. The van der Waals surface area contributed by atoms with Crippen molar-refractivity contribution >= 4 is 40.1 Å². The third-order valence-corrected chi connectivity index (χ3v) is 3.05. The summed E-state index contributed by atoms with van der Waals surface area (Å²) in [6, 6.07) is 4.46. The summed E-state index contributed by atoms with van der Waals surface area (Å²) in [5.41, 5.74) is -0.0228. The molecule has 0 N–H and O–H groups in total. The van der Waals surface area contributed by atoms with E-state index in [0.29, 0.717) is 9.26 Å². The van der Waals surface area contributed by atoms with Crippen molar-refractivity contribution in [2.75, 3.05) is 11.9 Å². The van der Waals surface area contributed by atoms with Gasteiger partial charge in [-0.3, -0.25) is 15.0 Å². The molecule has 0 heterocycles. The second-order valence-electron chi connectivity index (χ2n) is 4.93. The minimum Gasteiger partial charge on any atom is -0.443 e. The fraction of sp³-hybridized carbons (Fsp3) is 0.417. The van der Waals surface area contributed by atoms with E-state index in [1.807, 2.05) is 22.6 Å². The summed E-state index contributed by atoms with van der Waals surface area (Å²) < 4.78 is 5.69. The van der Waals surface area contributed by atoms with Crippen molar-refractivity contribution in [2.24, 2.45) is 0 Å². The monoisotopic (exact) mass is 378 g/mol. The largest absolute Gasteiger partial charge is 0.443 e. The first-order chi connectivity index (χ1) is 8.61. The molecule has 104 valence electrons. The number of ether oxygens (including phenoxy) is 1. The molecule has 0 fully saturated rings. The molecule has 0 aliphatic heterocycles. The number of hydrogen-bond donors (Lipinski definition) is 0. The number of rotatable bonds is 2. The van der Waals surface area contributed by atoms with Crippen molar-refractivity contribution in [1.82, 2.24) is 0 Å². The Labute approximate surface area is 125 Å². The van der Waals surface area contributed by atoms with Crippen LogP contribution >= 0.6 is 22.6 Å². The van der Waals surface area contributed by atoms with E-state index < -0.39 is 16.6 Å². The number of nitro groups is 1. The lowest BCUT2D eigenvalue weighted by molar-refractivity contribution is -0.385. The zero-order chi connectivity index (χ0) is 14.8. The molecule has 0 unspecified atom stereocenters. The van der Waals surface area contributed by atoms with Gasteiger partial charge in [-0.2, -0.15) is 0 Å². The molecule has 19 heavy (non-hydrogen) atoms. The lowest BCUT2D eigenvalue weighted by Gasteiger charge is -2.24. The molecule has 6 nitrogen and oxygen atoms in total. The molecule has 0 radical (unpaired) electrons. The summed E-state index contributed by atoms with van der Waals surface area (Å²) in [7, 11) is 1.56. The number of anilines is 1. The Bertz CT molecular complexity index is 511. The van der Waals surface area contributed by atoms with E-state index in [4.69, 9.17) is 4.74 Å². The quantitative estimate of drug-likeness (QED) is 0.448. The van der Waals surface area contributed by atoms with Gasteiger partial charge in [0.1, 0.15) is 5.60 Å². The predicted molar refractivity (Wildman–Crippen MR) is 80.5 cm³/mol. The van der Waals surface area contributed by atoms with Crippen LogP contribution in [0.25, 0.3) is 0 Å². The van der Waals surface area contributed by atoms with Crippen LogP contribution in [0.5, 0.6) is 0 Å². The number of hydrogen-bond acceptors (Lipinski definition) is 4. The van der Waals surface area contributed by atoms with Crippen LogP contribution in [-0.4, -0.2) is 23.7 Å². The molecule has 0 bridgehead atoms. The highest BCUT2D eigenvalue weighted by molar-refractivity contribution is 14.1. The number of halogens is 1. The van der Waals surface area contributed by atoms with Gasteiger partial charge in [-0.25, -0.2) is 4.79 Å². The molecule has 0 aliphatic carbocycles. The van der Waals surface area contributed by atoms with Gasteiger partial charge in [0.2, 0.25) is 0 Å². The maximum Gasteiger partial charge on any atom is 0.414 e. The van der Waals surface area contributed by atoms with Gasteiger partial charge in [0, 0.05) is 18.8 Å². The highest BCUT2D eigenvalue weighted by Gasteiger charge is 2.22. The van der Waals surface area contributed by atoms with Gasteiger partial charge in [-0.15, -0.1) is 0 Å². The highest BCUT2D eigenvalue weighted by Crippen LogP contribution is 2.26. The zero-order valence-corrected chi connectivity index (χ0v) is 13.3. The number of amides is 1. The third-order valence-electron chi connectivity index (χ3n) is 2.18. The minimum absolute atomic E-state index is 0.0157. The molecule has 1 rings (SSSR count). The van der Waals surface area contributed by atoms with E-state index in [0.717, 1.165) is 0 Å². The van der Waals surface area contributed by atoms with Crippen LogP contribution < -0.4 is 4.90 Å². The van der Waals surface area contributed by atoms with Gasteiger partial charge >= 0.3 is 6.09 Å². The summed E-state index contributed by atoms with van der Waals surface area (Å²) in [4.78, 5) is 23.4. The van der Waals surface area contributed by atoms with Crippen molar-refractivity contribution in [3.05, 3.63) is 31.9 Å². The van der Waals surface area contributed by atoms with Crippen LogP contribution in [0.3, 0.4) is 0 Å². The van der Waals surface area contributed by atoms with Gasteiger partial charge in [0.15, 0.2) is 0 Å². The summed E-state index contributed by atoms with van der Waals surface area (Å²) in [6.07, 6.45) is -0.503. The molecule has 1 amide bonds. The maximum atomic E-state index is 11.9. The minimum atomic E-state index is -0.584. The lowest BCUT2D eigenvalue weighted by Crippen LogP contribution is -2.34. The van der Waals surface area contributed by atoms with E-state index in [9.17, 15) is 14.9 Å². The number of nitrogens with zero attached hydrogens (tertiary/aromatic N) is 2. The second kappa shape index (κ2) is 5.72. The molecule has 0 atom stereocenters. The number of carbonyl (C=O) groups excluding carboxylic acids is 1. The molecule has 1 aromatic carbocycles. The molecular weight excluding hydrogens is 363 g/mol. The fourth-order valence-electron chi connectivity index (χ4n) is 1.29. The number of benzene rings is 1. The van der Waals surface area contributed by atoms with Gasteiger partial charge in [0.05, 0.1) is 8.49 Å². The van der Waals surface area contributed by atoms with Crippen LogP contribution in [0.15, 0.2) is 18.2 Å². The first-order valence-corrected chi connectivity index (χ1v) is 6.60. The molecule has 0 aromatic heterocycles. The molecule has 1 aromatic rings. The number of carbonyl (C=O) groups is 1. The first-order valence-electron chi connectivity index (χ1n) is 5.52. The van der Waals surface area contributed by atoms with E-state index >= 15 is 0 Å². The average Bonchev–Trinajstić information content (AvgIpc) is 2.24. The predicted octanol–water partition coefficient (Wildman–Crippen LogP) is 3.57. The molecule has 0 saturated heterocycles. The van der Waals surface area contributed by atoms with E-state index in [1.54, 1.807) is 33.9 Å². The van der Waals surface area contributed by atoms with E-state index in [1.165, 1.54) is 17.0 Å². The van der Waals surface area contributed by atoms with Crippen molar-refractivity contribution in [1.29, 1.82) is 0 Å². The Morgan fingerprint density at radius 1 is 1.42 bits per heavy atom. The Hall–Kier alpha value is -1.38. The van der Waals surface area contributed by atoms with Crippen LogP contribution in [-0.2, 0) is 4.74 Å². The van der Waals surface area contributed by atoms with Crippen LogP contribution in [0.1, 0.15) is 20.8 Å². The third kappa shape index (κ3) is 4.34. The Balaban J connectivity index is 2.95. The molecule has 0 spiro atoms. The van der Waals surface area contributed by atoms with Gasteiger partial charge in [-0.1, -0.05) is 0 Å². The Morgan fingerprint density at radius 2 is 2.00 bits per heavy atom. The average molecular weight is 378 g/mol. The fourth-order valence-corrected chi connectivity index (χ4v) is 1.98. The standard InChI is InChI=1S/C12H15IN2O4/c1-12(2,3)19-11(16)14(4)8-5-6-10(15(17)18)9(13)7-8/h5-7H,1-4H3. The summed E-state index contributed by atoms with van der Waals surface area (Å²) >= 11 is 1.87. The normalized spacial score (nSPS) is 11.0. The van der Waals surface area contributed by atoms with E-state index in [-0.39, 0.29) is 5.69 Å². The van der Waals surface area contributed by atoms with E-state index in [2.05, 4.69) is 0 Å². The Morgan fingerprint density at radius 3 is 2.42 bits per heavy atom. The van der Waals surface area contributed by atoms with Crippen LogP contribution in [0.2, 0.25) is 0 Å². The van der Waals surface area contributed by atoms with Crippen molar-refractivity contribution in [2.45, 2.75) is 26.4 Å². The maximum absolute atomic E-state index is 11.9. The molecule has 0 saturated carbocycles. The smallest absolute Gasteiger partial charge is 0.414 e. The van der Waals surface area contributed by atoms with Crippen molar-refractivity contribution < 1.29 is 14.5 Å². The molecular formula is C12H15IN2O4.